The van der Waals surface area contributed by atoms with Gasteiger partial charge < -0.3 is 5.32 Å². The van der Waals surface area contributed by atoms with Crippen LogP contribution in [0.1, 0.15) is 54.6 Å². The minimum Gasteiger partial charge on any atom is -0.305 e. The molecule has 2 heterocycles. The van der Waals surface area contributed by atoms with Gasteiger partial charge in [0.2, 0.25) is 5.03 Å². The van der Waals surface area contributed by atoms with Crippen LogP contribution in [0.2, 0.25) is 0 Å². The SMILES string of the molecule is CCn1cc(F)c(S(N)(=O)=NC(=O)Nc2c(C)c(C3CC3)nc3c2CCC3)n1. The van der Waals surface area contributed by atoms with Gasteiger partial charge in [0.25, 0.3) is 0 Å². The maximum Gasteiger partial charge on any atom is 0.354 e. The van der Waals surface area contributed by atoms with E-state index < -0.39 is 26.8 Å². The third kappa shape index (κ3) is 3.42. The van der Waals surface area contributed by atoms with Crippen LogP contribution in [-0.4, -0.2) is 25.0 Å². The van der Waals surface area contributed by atoms with Crippen LogP contribution in [0.15, 0.2) is 15.6 Å². The van der Waals surface area contributed by atoms with E-state index in [1.54, 1.807) is 6.92 Å². The Balaban J connectivity index is 1.68. The third-order valence-corrected chi connectivity index (χ3v) is 6.47. The highest BCUT2D eigenvalue weighted by Gasteiger charge is 2.31. The van der Waals surface area contributed by atoms with E-state index in [-0.39, 0.29) is 0 Å². The smallest absolute Gasteiger partial charge is 0.305 e. The van der Waals surface area contributed by atoms with Crippen LogP contribution < -0.4 is 10.5 Å². The summed E-state index contributed by atoms with van der Waals surface area (Å²) >= 11 is 0. The summed E-state index contributed by atoms with van der Waals surface area (Å²) in [6.07, 6.45) is 5.95. The maximum absolute atomic E-state index is 14.0. The van der Waals surface area contributed by atoms with Crippen LogP contribution >= 0.6 is 0 Å². The minimum atomic E-state index is -3.80. The fourth-order valence-electron chi connectivity index (χ4n) is 3.66. The Hall–Kier alpha value is -2.33. The van der Waals surface area contributed by atoms with E-state index >= 15 is 0 Å². The number of aryl methyl sites for hydroxylation is 2. The zero-order chi connectivity index (χ0) is 20.1. The topological polar surface area (TPSA) is 115 Å². The number of fused-ring (bicyclic) bond motifs is 1. The molecule has 0 aromatic carbocycles. The van der Waals surface area contributed by atoms with Crippen LogP contribution in [0, 0.1) is 12.7 Å². The first-order chi connectivity index (χ1) is 13.3. The number of nitrogens with two attached hydrogens (primary N) is 1. The van der Waals surface area contributed by atoms with Crippen molar-refractivity contribution in [3.05, 3.63) is 34.5 Å². The molecule has 8 nitrogen and oxygen atoms in total. The van der Waals surface area contributed by atoms with E-state index in [0.717, 1.165) is 60.8 Å². The van der Waals surface area contributed by atoms with Crippen LogP contribution in [0.3, 0.4) is 0 Å². The number of amides is 2. The molecule has 0 bridgehead atoms. The van der Waals surface area contributed by atoms with Crippen molar-refractivity contribution in [2.45, 2.75) is 63.4 Å². The molecular weight excluding hydrogens is 383 g/mol. The summed E-state index contributed by atoms with van der Waals surface area (Å²) in [5, 5.41) is 11.7. The summed E-state index contributed by atoms with van der Waals surface area (Å²) in [4.78, 5) is 17.3. The molecule has 1 unspecified atom stereocenters. The number of anilines is 1. The molecule has 2 aliphatic carbocycles. The normalized spacial score (nSPS) is 17.9. The lowest BCUT2D eigenvalue weighted by Gasteiger charge is -2.15. The summed E-state index contributed by atoms with van der Waals surface area (Å²) in [6.45, 7) is 4.06. The van der Waals surface area contributed by atoms with Crippen molar-refractivity contribution in [1.82, 2.24) is 14.8 Å². The van der Waals surface area contributed by atoms with Gasteiger partial charge in [-0.2, -0.15) is 5.10 Å². The number of halogens is 1. The molecule has 2 aromatic heterocycles. The van der Waals surface area contributed by atoms with Crippen molar-refractivity contribution in [3.63, 3.8) is 0 Å². The van der Waals surface area contributed by atoms with Gasteiger partial charge in [0, 0.05) is 23.9 Å². The fraction of sp³-hybridized carbons (Fsp3) is 0.500. The lowest BCUT2D eigenvalue weighted by molar-refractivity contribution is 0.260. The van der Waals surface area contributed by atoms with Gasteiger partial charge in [-0.25, -0.2) is 18.5 Å². The first-order valence-corrected chi connectivity index (χ1v) is 11.0. The Morgan fingerprint density at radius 3 is 2.86 bits per heavy atom. The van der Waals surface area contributed by atoms with Crippen LogP contribution in [0.4, 0.5) is 14.9 Å². The van der Waals surface area contributed by atoms with E-state index in [1.807, 2.05) is 6.92 Å². The van der Waals surface area contributed by atoms with Crippen molar-refractivity contribution in [3.8, 4) is 0 Å². The predicted molar refractivity (Wildman–Crippen MR) is 103 cm³/mol. The highest BCUT2D eigenvalue weighted by molar-refractivity contribution is 7.91. The van der Waals surface area contributed by atoms with Crippen LogP contribution in [0.25, 0.3) is 0 Å². The molecule has 0 aliphatic heterocycles. The van der Waals surface area contributed by atoms with Gasteiger partial charge in [-0.1, -0.05) is 0 Å². The molecule has 2 aliphatic rings. The standard InChI is InChI=1S/C18H23FN6O2S/c1-3-25-9-13(19)17(23-25)28(20,27)24-18(26)22-16-10(2)15(11-7-8-11)21-14-6-4-5-12(14)16/h9,11H,3-8H2,1-2H3,(H3,20,21,22,24,26,27). The quantitative estimate of drug-likeness (QED) is 0.812. The molecular formula is C18H23FN6O2S. The molecule has 1 fully saturated rings. The number of nitrogens with one attached hydrogen (secondary N) is 1. The summed E-state index contributed by atoms with van der Waals surface area (Å²) < 4.78 is 31.5. The Morgan fingerprint density at radius 2 is 2.21 bits per heavy atom. The monoisotopic (exact) mass is 406 g/mol. The first-order valence-electron chi connectivity index (χ1n) is 9.41. The van der Waals surface area contributed by atoms with Gasteiger partial charge >= 0.3 is 6.03 Å². The van der Waals surface area contributed by atoms with Crippen molar-refractivity contribution in [1.29, 1.82) is 0 Å². The van der Waals surface area contributed by atoms with E-state index in [2.05, 4.69) is 14.8 Å². The second-order valence-electron chi connectivity index (χ2n) is 7.28. The highest BCUT2D eigenvalue weighted by Crippen LogP contribution is 2.44. The van der Waals surface area contributed by atoms with E-state index in [9.17, 15) is 13.4 Å². The average molecular weight is 406 g/mol. The van der Waals surface area contributed by atoms with E-state index in [0.29, 0.717) is 18.2 Å². The molecule has 10 heteroatoms. The summed E-state index contributed by atoms with van der Waals surface area (Å²) in [5.74, 6) is -0.410. The zero-order valence-electron chi connectivity index (χ0n) is 15.9. The Kier molecular flexibility index (Phi) is 4.70. The van der Waals surface area contributed by atoms with E-state index in [4.69, 9.17) is 10.1 Å². The summed E-state index contributed by atoms with van der Waals surface area (Å²) in [7, 11) is -3.80. The fourth-order valence-corrected chi connectivity index (χ4v) is 4.60. The van der Waals surface area contributed by atoms with Crippen LogP contribution in [-0.2, 0) is 29.3 Å². The number of rotatable bonds is 4. The van der Waals surface area contributed by atoms with Crippen molar-refractivity contribution < 1.29 is 13.4 Å². The summed E-state index contributed by atoms with van der Waals surface area (Å²) in [5.41, 5.74) is 4.60. The first kappa shape index (κ1) is 19.0. The van der Waals surface area contributed by atoms with Crippen molar-refractivity contribution in [2.75, 3.05) is 5.32 Å². The molecule has 0 spiro atoms. The zero-order valence-corrected chi connectivity index (χ0v) is 16.7. The van der Waals surface area contributed by atoms with Gasteiger partial charge in [-0.05, 0) is 57.1 Å². The number of carbonyl (C=O) groups excluding carboxylic acids is 1. The lowest BCUT2D eigenvalue weighted by atomic mass is 10.0. The molecule has 2 amide bonds. The number of urea groups is 1. The number of aromatic nitrogens is 3. The average Bonchev–Trinajstić information content (AvgIpc) is 3.23. The lowest BCUT2D eigenvalue weighted by Crippen LogP contribution is -2.20. The third-order valence-electron chi connectivity index (χ3n) is 5.21. The molecule has 2 aromatic rings. The second-order valence-corrected chi connectivity index (χ2v) is 8.98. The highest BCUT2D eigenvalue weighted by atomic mass is 32.2. The van der Waals surface area contributed by atoms with Gasteiger partial charge in [0.05, 0.1) is 11.9 Å². The van der Waals surface area contributed by atoms with E-state index in [1.165, 1.54) is 4.68 Å². The van der Waals surface area contributed by atoms with Crippen molar-refractivity contribution >= 4 is 21.6 Å². The molecule has 150 valence electrons. The Morgan fingerprint density at radius 1 is 1.46 bits per heavy atom. The number of nitrogens with zero attached hydrogens (tertiary/aromatic N) is 4. The summed E-state index contributed by atoms with van der Waals surface area (Å²) in [6, 6.07) is -0.872. The molecule has 0 saturated heterocycles. The number of hydrogen-bond donors (Lipinski definition) is 2. The maximum atomic E-state index is 14.0. The number of carbonyl (C=O) groups is 1. The molecule has 0 radical (unpaired) electrons. The Labute approximate surface area is 163 Å². The largest absolute Gasteiger partial charge is 0.354 e. The van der Waals surface area contributed by atoms with Crippen molar-refractivity contribution in [2.24, 2.45) is 9.50 Å². The van der Waals surface area contributed by atoms with Gasteiger partial charge in [-0.3, -0.25) is 9.67 Å². The Bertz CT molecular complexity index is 1080. The molecule has 1 atom stereocenters. The molecule has 3 N–H and O–H groups in total. The second kappa shape index (κ2) is 6.93. The number of hydrogen-bond acceptors (Lipinski definition) is 4. The number of pyridine rings is 1. The van der Waals surface area contributed by atoms with Crippen LogP contribution in [0.5, 0.6) is 0 Å². The van der Waals surface area contributed by atoms with Gasteiger partial charge in [-0.15, -0.1) is 4.36 Å². The molecule has 4 rings (SSSR count). The van der Waals surface area contributed by atoms with Gasteiger partial charge in [0.15, 0.2) is 15.7 Å². The predicted octanol–water partition coefficient (Wildman–Crippen LogP) is 3.04. The minimum absolute atomic E-state index is 0.380. The van der Waals surface area contributed by atoms with Gasteiger partial charge in [0.1, 0.15) is 0 Å². The molecule has 28 heavy (non-hydrogen) atoms. The molecule has 1 saturated carbocycles.